The zero-order chi connectivity index (χ0) is 10.5. The van der Waals surface area contributed by atoms with Gasteiger partial charge in [-0.1, -0.05) is 12.1 Å². The monoisotopic (exact) mass is 263 g/mol. The Morgan fingerprint density at radius 1 is 1.13 bits per heavy atom. The van der Waals surface area contributed by atoms with Crippen molar-refractivity contribution in [2.75, 3.05) is 7.11 Å². The number of nitrogens with one attached hydrogen (secondary N) is 3. The molecular weight excluding hydrogens is 251 g/mol. The summed E-state index contributed by atoms with van der Waals surface area (Å²) in [6.45, 7) is 0. The summed E-state index contributed by atoms with van der Waals surface area (Å²) in [6, 6.07) is 7.64. The van der Waals surface area contributed by atoms with E-state index in [0.29, 0.717) is 17.8 Å². The number of rotatable bonds is 3. The third-order valence-electron chi connectivity index (χ3n) is 1.70. The van der Waals surface area contributed by atoms with Crippen LogP contribution >= 0.6 is 26.2 Å². The largest absolute Gasteiger partial charge is 0.493 e. The van der Waals surface area contributed by atoms with E-state index in [9.17, 15) is 0 Å². The lowest BCUT2D eigenvalue weighted by molar-refractivity contribution is 0.397. The molecule has 1 heterocycles. The van der Waals surface area contributed by atoms with E-state index in [1.54, 1.807) is 7.11 Å². The molecule has 1 fully saturated rings. The highest BCUT2D eigenvalue weighted by Crippen LogP contribution is 2.43. The lowest BCUT2D eigenvalue weighted by Crippen LogP contribution is -2.19. The van der Waals surface area contributed by atoms with Gasteiger partial charge in [0.15, 0.2) is 11.5 Å². The molecule has 0 spiro atoms. The highest BCUT2D eigenvalue weighted by molar-refractivity contribution is 7.71. The maximum Gasteiger partial charge on any atom is 0.251 e. The fraction of sp³-hybridized carbons (Fsp3) is 0.143. The molecule has 3 N–H and O–H groups in total. The van der Waals surface area contributed by atoms with Crippen molar-refractivity contribution in [1.29, 1.82) is 0 Å². The van der Waals surface area contributed by atoms with Gasteiger partial charge in [0.25, 0.3) is 8.45 Å². The Hall–Kier alpha value is -0.0100. The number of hydrogen-bond acceptors (Lipinski definition) is 5. The van der Waals surface area contributed by atoms with Crippen LogP contribution in [0.1, 0.15) is 0 Å². The molecule has 5 nitrogen and oxygen atoms in total. The molecule has 0 aromatic heterocycles. The molecule has 1 aromatic carbocycles. The van der Waals surface area contributed by atoms with E-state index < -0.39 is 8.45 Å². The standard InChI is InChI=1S/C7H12N3O2P3/c1-11-6-4-2-3-5-7(6)12-15-9-13-8-14-10-15/h2-5,8-10,13-14H,1H3. The van der Waals surface area contributed by atoms with E-state index in [1.807, 2.05) is 24.3 Å². The van der Waals surface area contributed by atoms with Crippen LogP contribution in [0.15, 0.2) is 24.3 Å². The quantitative estimate of drug-likeness (QED) is 0.729. The van der Waals surface area contributed by atoms with E-state index in [1.165, 1.54) is 0 Å². The van der Waals surface area contributed by atoms with E-state index in [2.05, 4.69) is 14.6 Å². The first kappa shape index (κ1) is 11.5. The van der Waals surface area contributed by atoms with Crippen LogP contribution in [0.2, 0.25) is 0 Å². The molecule has 0 amide bonds. The van der Waals surface area contributed by atoms with Crippen molar-refractivity contribution in [1.82, 2.24) is 14.6 Å². The molecule has 2 unspecified atom stereocenters. The minimum Gasteiger partial charge on any atom is -0.493 e. The fourth-order valence-electron chi connectivity index (χ4n) is 1.05. The molecule has 2 rings (SSSR count). The molecule has 1 aliphatic rings. The van der Waals surface area contributed by atoms with Gasteiger partial charge in [-0.2, -0.15) is 0 Å². The fourth-order valence-corrected chi connectivity index (χ4v) is 5.01. The molecule has 8 heteroatoms. The van der Waals surface area contributed by atoms with Crippen molar-refractivity contribution in [2.24, 2.45) is 0 Å². The van der Waals surface area contributed by atoms with E-state index in [4.69, 9.17) is 9.26 Å². The Bertz CT molecular complexity index is 322. The molecule has 0 bridgehead atoms. The van der Waals surface area contributed by atoms with Crippen LogP contribution < -0.4 is 23.8 Å². The van der Waals surface area contributed by atoms with Gasteiger partial charge in [-0.05, 0) is 12.1 Å². The Morgan fingerprint density at radius 3 is 2.47 bits per heavy atom. The number of para-hydroxylation sites is 2. The van der Waals surface area contributed by atoms with Gasteiger partial charge in [0, 0.05) is 17.8 Å². The third-order valence-corrected chi connectivity index (χ3v) is 5.60. The smallest absolute Gasteiger partial charge is 0.251 e. The van der Waals surface area contributed by atoms with Crippen LogP contribution in [0.3, 0.4) is 0 Å². The zero-order valence-electron chi connectivity index (χ0n) is 8.07. The molecule has 15 heavy (non-hydrogen) atoms. The van der Waals surface area contributed by atoms with Crippen molar-refractivity contribution < 1.29 is 9.26 Å². The highest BCUT2D eigenvalue weighted by Gasteiger charge is 2.15. The lowest BCUT2D eigenvalue weighted by Gasteiger charge is -2.24. The molecule has 0 saturated carbocycles. The number of hydrogen-bond donors (Lipinski definition) is 3. The van der Waals surface area contributed by atoms with Crippen LogP contribution in [-0.4, -0.2) is 7.11 Å². The summed E-state index contributed by atoms with van der Waals surface area (Å²) in [7, 11) is 1.94. The Kier molecular flexibility index (Phi) is 4.52. The van der Waals surface area contributed by atoms with Gasteiger partial charge in [-0.15, -0.1) is 0 Å². The molecule has 2 atom stereocenters. The second-order valence-electron chi connectivity index (χ2n) is 2.64. The van der Waals surface area contributed by atoms with E-state index >= 15 is 0 Å². The van der Waals surface area contributed by atoms with Gasteiger partial charge in [-0.3, -0.25) is 4.86 Å². The zero-order valence-corrected chi connectivity index (χ0v) is 11.0. The van der Waals surface area contributed by atoms with Gasteiger partial charge >= 0.3 is 0 Å². The van der Waals surface area contributed by atoms with Crippen molar-refractivity contribution in [3.05, 3.63) is 24.3 Å². The first-order valence-electron chi connectivity index (χ1n) is 4.27. The summed E-state index contributed by atoms with van der Waals surface area (Å²) < 4.78 is 11.0. The summed E-state index contributed by atoms with van der Waals surface area (Å²) in [5.41, 5.74) is 0. The first-order chi connectivity index (χ1) is 7.40. The molecule has 1 saturated heterocycles. The van der Waals surface area contributed by atoms with Crippen molar-refractivity contribution in [3.8, 4) is 11.5 Å². The number of ether oxygens (including phenoxy) is 1. The average Bonchev–Trinajstić information content (AvgIpc) is 2.31. The highest BCUT2D eigenvalue weighted by atomic mass is 31.2. The Labute approximate surface area is 93.4 Å². The van der Waals surface area contributed by atoms with Crippen LogP contribution in [0.4, 0.5) is 0 Å². The van der Waals surface area contributed by atoms with E-state index in [-0.39, 0.29) is 0 Å². The predicted octanol–water partition coefficient (Wildman–Crippen LogP) is 2.10. The molecular formula is C7H12N3O2P3. The summed E-state index contributed by atoms with van der Waals surface area (Å²) in [4.78, 5) is 9.60. The molecule has 1 aliphatic heterocycles. The summed E-state index contributed by atoms with van der Waals surface area (Å²) in [5.74, 6) is 1.52. The maximum absolute atomic E-state index is 5.77. The van der Waals surface area contributed by atoms with Crippen molar-refractivity contribution >= 4 is 26.2 Å². The van der Waals surface area contributed by atoms with Crippen LogP contribution in [0, 0.1) is 0 Å². The van der Waals surface area contributed by atoms with Crippen molar-refractivity contribution in [3.63, 3.8) is 0 Å². The SMILES string of the molecule is COc1ccccc1OP1NPNPN1. The van der Waals surface area contributed by atoms with Gasteiger partial charge in [-0.25, -0.2) is 9.72 Å². The lowest BCUT2D eigenvalue weighted by atomic mass is 10.3. The summed E-state index contributed by atoms with van der Waals surface area (Å²) in [6.07, 6.45) is 0. The molecule has 82 valence electrons. The molecule has 0 radical (unpaired) electrons. The Morgan fingerprint density at radius 2 is 1.80 bits per heavy atom. The third kappa shape index (κ3) is 3.22. The Balaban J connectivity index is 2.02. The first-order valence-corrected chi connectivity index (χ1v) is 7.53. The van der Waals surface area contributed by atoms with Gasteiger partial charge < -0.3 is 9.26 Å². The van der Waals surface area contributed by atoms with E-state index in [0.717, 1.165) is 11.5 Å². The van der Waals surface area contributed by atoms with Gasteiger partial charge in [0.05, 0.1) is 7.11 Å². The van der Waals surface area contributed by atoms with Crippen LogP contribution in [0.25, 0.3) is 0 Å². The number of benzene rings is 1. The minimum absolute atomic E-state index is 0.544. The van der Waals surface area contributed by atoms with Gasteiger partial charge in [0.1, 0.15) is 0 Å². The minimum atomic E-state index is -0.788. The number of methoxy groups -OCH3 is 1. The second-order valence-corrected chi connectivity index (χ2v) is 6.70. The van der Waals surface area contributed by atoms with Crippen molar-refractivity contribution in [2.45, 2.75) is 0 Å². The second kappa shape index (κ2) is 5.91. The van der Waals surface area contributed by atoms with Crippen LogP contribution in [0.5, 0.6) is 11.5 Å². The summed E-state index contributed by atoms with van der Waals surface area (Å²) in [5, 5.41) is 0. The van der Waals surface area contributed by atoms with Gasteiger partial charge in [0.2, 0.25) is 0 Å². The summed E-state index contributed by atoms with van der Waals surface area (Å²) >= 11 is 0. The topological polar surface area (TPSA) is 54.6 Å². The molecule has 1 aromatic rings. The maximum atomic E-state index is 5.77. The van der Waals surface area contributed by atoms with Crippen LogP contribution in [-0.2, 0) is 0 Å². The average molecular weight is 263 g/mol. The molecule has 0 aliphatic carbocycles. The predicted molar refractivity (Wildman–Crippen MR) is 66.6 cm³/mol. The normalized spacial score (nSPS) is 24.2.